The molecule has 3 N–H and O–H groups in total. The summed E-state index contributed by atoms with van der Waals surface area (Å²) < 4.78 is 68.6. The highest BCUT2D eigenvalue weighted by molar-refractivity contribution is 7.47. The molecule has 0 radical (unpaired) electrons. The zero-order valence-electron chi connectivity index (χ0n) is 66.1. The molecule has 604 valence electrons. The summed E-state index contributed by atoms with van der Waals surface area (Å²) in [4.78, 5) is 73.1. The number of esters is 4. The largest absolute Gasteiger partial charge is 0.472 e. The van der Waals surface area contributed by atoms with Crippen molar-refractivity contribution in [1.82, 2.24) is 0 Å². The van der Waals surface area contributed by atoms with Crippen molar-refractivity contribution in [3.63, 3.8) is 0 Å². The van der Waals surface area contributed by atoms with Crippen molar-refractivity contribution in [1.29, 1.82) is 0 Å². The molecule has 17 nitrogen and oxygen atoms in total. The molecule has 0 bridgehead atoms. The molecule has 0 aromatic rings. The minimum atomic E-state index is -5.00. The number of phosphoric ester groups is 2. The van der Waals surface area contributed by atoms with Gasteiger partial charge in [-0.05, 0) is 167 Å². The van der Waals surface area contributed by atoms with Crippen LogP contribution >= 0.6 is 15.6 Å². The van der Waals surface area contributed by atoms with E-state index < -0.39 is 97.5 Å². The third kappa shape index (κ3) is 76.9. The second-order valence-corrected chi connectivity index (χ2v) is 29.5. The highest BCUT2D eigenvalue weighted by atomic mass is 31.2. The fraction of sp³-hybridized carbons (Fsp3) is 0.655. The molecule has 0 aromatic carbocycles. The van der Waals surface area contributed by atoms with Crippen LogP contribution in [0.5, 0.6) is 0 Å². The Morgan fingerprint density at radius 2 is 0.500 bits per heavy atom. The zero-order chi connectivity index (χ0) is 77.4. The Kier molecular flexibility index (Phi) is 73.9. The van der Waals surface area contributed by atoms with Gasteiger partial charge in [0.1, 0.15) is 19.3 Å². The topological polar surface area (TPSA) is 237 Å². The van der Waals surface area contributed by atoms with E-state index in [0.717, 1.165) is 199 Å². The number of phosphoric acid groups is 2. The van der Waals surface area contributed by atoms with Gasteiger partial charge in [0.15, 0.2) is 12.2 Å². The van der Waals surface area contributed by atoms with Crippen LogP contribution in [0.15, 0.2) is 158 Å². The van der Waals surface area contributed by atoms with E-state index in [1.165, 1.54) is 32.1 Å². The molecule has 0 aliphatic rings. The lowest BCUT2D eigenvalue weighted by atomic mass is 10.1. The van der Waals surface area contributed by atoms with E-state index in [0.29, 0.717) is 25.7 Å². The number of rotatable bonds is 75. The summed E-state index contributed by atoms with van der Waals surface area (Å²) in [5.41, 5.74) is 0. The number of carbonyl (C=O) groups is 4. The maximum absolute atomic E-state index is 13.1. The molecular formula is C87H144O17P2. The summed E-state index contributed by atoms with van der Waals surface area (Å²) >= 11 is 0. The van der Waals surface area contributed by atoms with Crippen molar-refractivity contribution in [3.05, 3.63) is 158 Å². The maximum atomic E-state index is 13.1. The molecule has 0 saturated heterocycles. The van der Waals surface area contributed by atoms with Gasteiger partial charge in [-0.1, -0.05) is 276 Å². The first-order valence-corrected chi connectivity index (χ1v) is 43.7. The SMILES string of the molecule is CC/C=C\C/C=C\C/C=C\C/C=C\C/C=C\CCCCCC(=O)OCC(COP(=O)(O)OCC(O)COP(=O)(O)OCC(COC(=O)CCCCCC/C=C\C/C=C\C/C=C\C/C=C\CC)OC(=O)CCCCCCC/C=C\CCCC)OC(=O)CCCCCCCC/C=C\C/C=C\C/C=C\CCCCC. The van der Waals surface area contributed by atoms with E-state index in [1.807, 2.05) is 0 Å². The Morgan fingerprint density at radius 1 is 0.274 bits per heavy atom. The third-order valence-electron chi connectivity index (χ3n) is 16.5. The molecule has 0 fully saturated rings. The Morgan fingerprint density at radius 3 is 0.802 bits per heavy atom. The highest BCUT2D eigenvalue weighted by Crippen LogP contribution is 2.45. The van der Waals surface area contributed by atoms with Crippen LogP contribution in [0, 0.1) is 0 Å². The van der Waals surface area contributed by atoms with Crippen LogP contribution in [0.1, 0.15) is 310 Å². The predicted molar refractivity (Wildman–Crippen MR) is 436 cm³/mol. The Bertz CT molecular complexity index is 2630. The second kappa shape index (κ2) is 77.8. The van der Waals surface area contributed by atoms with E-state index in [-0.39, 0.29) is 25.7 Å². The van der Waals surface area contributed by atoms with Gasteiger partial charge >= 0.3 is 39.5 Å². The lowest BCUT2D eigenvalue weighted by Gasteiger charge is -2.21. The van der Waals surface area contributed by atoms with E-state index in [2.05, 4.69) is 186 Å². The first-order valence-electron chi connectivity index (χ1n) is 40.7. The first kappa shape index (κ1) is 101. The van der Waals surface area contributed by atoms with Crippen molar-refractivity contribution >= 4 is 39.5 Å². The molecule has 0 rings (SSSR count). The van der Waals surface area contributed by atoms with Gasteiger partial charge in [-0.25, -0.2) is 9.13 Å². The van der Waals surface area contributed by atoms with Gasteiger partial charge in [0.05, 0.1) is 26.4 Å². The van der Waals surface area contributed by atoms with E-state index in [4.69, 9.17) is 37.0 Å². The Labute approximate surface area is 642 Å². The van der Waals surface area contributed by atoms with Gasteiger partial charge in [0, 0.05) is 25.7 Å². The van der Waals surface area contributed by atoms with E-state index >= 15 is 0 Å². The van der Waals surface area contributed by atoms with Gasteiger partial charge in [0.2, 0.25) is 0 Å². The standard InChI is InChI=1S/C87H144O17P2/c1-5-9-13-17-21-25-29-32-35-38-40-43-46-49-53-56-60-64-68-72-85(90)98-78-83(104-87(92)74-70-66-62-58-54-50-47-44-41-39-36-33-30-26-22-18-14-10-6-2)80-102-106(95,96)100-76-81(88)75-99-105(93,94)101-79-82(103-86(91)73-69-65-61-57-51-28-24-20-16-12-8-4)77-97-84(89)71-67-63-59-55-52-48-45-42-37-34-31-27-23-19-15-11-7-3/h9,11,13,15,20-27,32-37,40-41,43-45,48-49,53,81-83,88H,5-8,10,12,14,16-19,28-31,38-39,42,46-47,50-52,54-80H2,1-4H3,(H,93,94)(H,95,96)/b13-9-,15-11-,24-20-,25-21-,26-22-,27-23-,35-32-,36-33-,37-34-,43-40-,44-41-,48-45-,53-49-. The van der Waals surface area contributed by atoms with Gasteiger partial charge in [-0.2, -0.15) is 0 Å². The molecule has 106 heavy (non-hydrogen) atoms. The first-order chi connectivity index (χ1) is 51.7. The van der Waals surface area contributed by atoms with Crippen molar-refractivity contribution in [2.75, 3.05) is 39.6 Å². The quantitative estimate of drug-likeness (QED) is 0.0169. The van der Waals surface area contributed by atoms with Crippen LogP contribution in [-0.4, -0.2) is 96.7 Å². The van der Waals surface area contributed by atoms with Crippen LogP contribution in [0.25, 0.3) is 0 Å². The lowest BCUT2D eigenvalue weighted by Crippen LogP contribution is -2.30. The van der Waals surface area contributed by atoms with Gasteiger partial charge in [-0.3, -0.25) is 37.3 Å². The molecule has 0 aromatic heterocycles. The van der Waals surface area contributed by atoms with E-state index in [1.54, 1.807) is 0 Å². The van der Waals surface area contributed by atoms with Crippen LogP contribution in [0.3, 0.4) is 0 Å². The Balaban J connectivity index is 5.42. The number of unbranched alkanes of at least 4 members (excludes halogenated alkanes) is 23. The van der Waals surface area contributed by atoms with Crippen molar-refractivity contribution in [3.8, 4) is 0 Å². The molecule has 0 spiro atoms. The van der Waals surface area contributed by atoms with Crippen LogP contribution < -0.4 is 0 Å². The summed E-state index contributed by atoms with van der Waals surface area (Å²) in [6.07, 6.45) is 90.8. The molecule has 5 atom stereocenters. The number of aliphatic hydroxyl groups is 1. The number of hydrogen-bond acceptors (Lipinski definition) is 15. The fourth-order valence-corrected chi connectivity index (χ4v) is 11.9. The zero-order valence-corrected chi connectivity index (χ0v) is 67.8. The smallest absolute Gasteiger partial charge is 0.462 e. The molecule has 5 unspecified atom stereocenters. The average molecular weight is 1520 g/mol. The van der Waals surface area contributed by atoms with Crippen LogP contribution in [-0.2, 0) is 65.4 Å². The number of ether oxygens (including phenoxy) is 4. The van der Waals surface area contributed by atoms with Crippen molar-refractivity contribution in [2.45, 2.75) is 329 Å². The normalized spacial score (nSPS) is 14.7. The minimum Gasteiger partial charge on any atom is -0.462 e. The molecule has 0 aliphatic heterocycles. The molecular weight excluding hydrogens is 1380 g/mol. The maximum Gasteiger partial charge on any atom is 0.472 e. The van der Waals surface area contributed by atoms with Crippen LogP contribution in [0.2, 0.25) is 0 Å². The minimum absolute atomic E-state index is 0.0672. The molecule has 19 heteroatoms. The highest BCUT2D eigenvalue weighted by Gasteiger charge is 2.30. The predicted octanol–water partition coefficient (Wildman–Crippen LogP) is 24.0. The summed E-state index contributed by atoms with van der Waals surface area (Å²) in [7, 11) is -9.99. The third-order valence-corrected chi connectivity index (χ3v) is 18.4. The van der Waals surface area contributed by atoms with E-state index in [9.17, 15) is 43.2 Å². The van der Waals surface area contributed by atoms with Crippen molar-refractivity contribution in [2.24, 2.45) is 0 Å². The lowest BCUT2D eigenvalue weighted by molar-refractivity contribution is -0.161. The van der Waals surface area contributed by atoms with Gasteiger partial charge in [-0.15, -0.1) is 0 Å². The molecule has 0 heterocycles. The Hall–Kier alpha value is -5.32. The average Bonchev–Trinajstić information content (AvgIpc) is 0.901. The molecule has 0 amide bonds. The number of hydrogen-bond donors (Lipinski definition) is 3. The summed E-state index contributed by atoms with van der Waals surface area (Å²) in [5, 5.41) is 10.6. The monoisotopic (exact) mass is 1520 g/mol. The number of carbonyl (C=O) groups excluding carboxylic acids is 4. The number of allylic oxidation sites excluding steroid dienone is 26. The summed E-state index contributed by atoms with van der Waals surface area (Å²) in [6.45, 7) is 4.49. The van der Waals surface area contributed by atoms with Crippen molar-refractivity contribution < 1.29 is 80.2 Å². The summed E-state index contributed by atoms with van der Waals surface area (Å²) in [6, 6.07) is 0. The van der Waals surface area contributed by atoms with Crippen LogP contribution in [0.4, 0.5) is 0 Å². The second-order valence-electron chi connectivity index (χ2n) is 26.6. The summed E-state index contributed by atoms with van der Waals surface area (Å²) in [5.74, 6) is -2.27. The molecule has 0 aliphatic carbocycles. The fourth-order valence-electron chi connectivity index (χ4n) is 10.3. The molecule has 0 saturated carbocycles. The van der Waals surface area contributed by atoms with Gasteiger partial charge < -0.3 is 33.8 Å². The number of aliphatic hydroxyl groups excluding tert-OH is 1. The van der Waals surface area contributed by atoms with Gasteiger partial charge in [0.25, 0.3) is 0 Å².